The number of nitrogens with one attached hydrogen (secondary N) is 3. The van der Waals surface area contributed by atoms with Crippen LogP contribution in [0.15, 0.2) is 18.2 Å². The number of amides is 2. The summed E-state index contributed by atoms with van der Waals surface area (Å²) in [6.45, 7) is 3.83. The van der Waals surface area contributed by atoms with E-state index in [0.717, 1.165) is 36.9 Å². The van der Waals surface area contributed by atoms with E-state index in [1.54, 1.807) is 6.07 Å². The number of rotatable bonds is 6. The third-order valence-electron chi connectivity index (χ3n) is 4.80. The third kappa shape index (κ3) is 5.31. The van der Waals surface area contributed by atoms with Gasteiger partial charge in [0, 0.05) is 17.8 Å². The predicted octanol–water partition coefficient (Wildman–Crippen LogP) is 2.32. The van der Waals surface area contributed by atoms with Gasteiger partial charge in [0.25, 0.3) is 5.91 Å². The molecule has 3 rings (SSSR count). The largest absolute Gasteiger partial charge is 0.465 e. The van der Waals surface area contributed by atoms with Crippen LogP contribution in [-0.4, -0.2) is 44.4 Å². The lowest BCUT2D eigenvalue weighted by molar-refractivity contribution is 0.0995. The van der Waals surface area contributed by atoms with Crippen LogP contribution in [0.4, 0.5) is 22.1 Å². The summed E-state index contributed by atoms with van der Waals surface area (Å²) in [5.74, 6) is 0.275. The number of nitrogens with two attached hydrogens (primary N) is 1. The van der Waals surface area contributed by atoms with Crippen molar-refractivity contribution in [2.75, 3.05) is 10.6 Å². The van der Waals surface area contributed by atoms with E-state index in [-0.39, 0.29) is 17.8 Å². The number of nitrogens with zero attached hydrogens (tertiary/aromatic N) is 3. The Bertz CT molecular complexity index is 898. The second-order valence-electron chi connectivity index (χ2n) is 7.24. The number of primary amides is 1. The minimum atomic E-state index is -1.05. The molecule has 10 heteroatoms. The van der Waals surface area contributed by atoms with Crippen molar-refractivity contribution in [2.24, 2.45) is 5.73 Å². The normalized spacial score (nSPS) is 18.7. The fourth-order valence-corrected chi connectivity index (χ4v) is 3.61. The molecular weight excluding hydrogens is 374 g/mol. The van der Waals surface area contributed by atoms with Gasteiger partial charge >= 0.3 is 6.09 Å². The van der Waals surface area contributed by atoms with Gasteiger partial charge in [0.1, 0.15) is 5.82 Å². The maximum atomic E-state index is 11.8. The number of carboxylic acid groups (broad SMARTS) is 1. The molecule has 0 radical (unpaired) electrons. The van der Waals surface area contributed by atoms with Crippen molar-refractivity contribution in [3.63, 3.8) is 0 Å². The van der Waals surface area contributed by atoms with Gasteiger partial charge in [0.2, 0.25) is 0 Å². The second-order valence-corrected chi connectivity index (χ2v) is 7.24. The lowest BCUT2D eigenvalue weighted by Crippen LogP contribution is -2.48. The summed E-state index contributed by atoms with van der Waals surface area (Å²) in [6.07, 6.45) is 2.43. The van der Waals surface area contributed by atoms with E-state index >= 15 is 0 Å². The molecule has 0 aliphatic heterocycles. The molecule has 2 atom stereocenters. The number of aromatic nitrogens is 3. The minimum absolute atomic E-state index is 0.000337. The highest BCUT2D eigenvalue weighted by Gasteiger charge is 2.27. The molecule has 1 aliphatic carbocycles. The first-order chi connectivity index (χ1) is 13.8. The Balaban J connectivity index is 1.85. The fraction of sp³-hybridized carbons (Fsp3) is 0.421. The molecule has 2 unspecified atom stereocenters. The average molecular weight is 399 g/mol. The number of anilines is 3. The molecule has 154 valence electrons. The van der Waals surface area contributed by atoms with Gasteiger partial charge in [-0.25, -0.2) is 9.78 Å². The second kappa shape index (κ2) is 8.72. The molecular formula is C19H25N7O3. The predicted molar refractivity (Wildman–Crippen MR) is 108 cm³/mol. The lowest BCUT2D eigenvalue weighted by Gasteiger charge is -2.32. The quantitative estimate of drug-likeness (QED) is 0.495. The third-order valence-corrected chi connectivity index (χ3v) is 4.80. The van der Waals surface area contributed by atoms with Gasteiger partial charge in [-0.3, -0.25) is 4.79 Å². The Morgan fingerprint density at radius 3 is 2.45 bits per heavy atom. The Kier molecular flexibility index (Phi) is 6.10. The highest BCUT2D eigenvalue weighted by Crippen LogP contribution is 2.25. The minimum Gasteiger partial charge on any atom is -0.465 e. The molecule has 0 spiro atoms. The summed E-state index contributed by atoms with van der Waals surface area (Å²) in [5, 5.41) is 26.0. The van der Waals surface area contributed by atoms with Crippen LogP contribution in [0.5, 0.6) is 0 Å². The maximum Gasteiger partial charge on any atom is 0.404 e. The summed E-state index contributed by atoms with van der Waals surface area (Å²) >= 11 is 0. The number of carbonyl (C=O) groups excluding carboxylic acids is 1. The standard InChI is InChI=1S/C19H25N7O3/c1-10-7-11(2)21-15(8-10)23-14-9-16(25-26-17(14)18(20)27)22-12-5-3-4-6-13(12)24-19(28)29/h7-9,12-13,24H,3-6H2,1-2H3,(H2,20,27)(H,28,29)(H2,21,22,23,25). The number of pyridine rings is 1. The SMILES string of the molecule is Cc1cc(C)nc(Nc2cc(NC3CCCCC3NC(=O)O)nnc2C(N)=O)c1. The van der Waals surface area contributed by atoms with Gasteiger partial charge in [0.05, 0.1) is 11.7 Å². The zero-order valence-corrected chi connectivity index (χ0v) is 16.4. The molecule has 2 amide bonds. The van der Waals surface area contributed by atoms with E-state index in [4.69, 9.17) is 10.8 Å². The van der Waals surface area contributed by atoms with Gasteiger partial charge in [-0.1, -0.05) is 12.8 Å². The van der Waals surface area contributed by atoms with E-state index in [0.29, 0.717) is 17.3 Å². The molecule has 2 heterocycles. The van der Waals surface area contributed by atoms with E-state index in [1.165, 1.54) is 0 Å². The van der Waals surface area contributed by atoms with Crippen molar-refractivity contribution in [1.29, 1.82) is 0 Å². The van der Waals surface area contributed by atoms with Crippen LogP contribution in [0.25, 0.3) is 0 Å². The monoisotopic (exact) mass is 399 g/mol. The van der Waals surface area contributed by atoms with E-state index < -0.39 is 12.0 Å². The molecule has 1 saturated carbocycles. The lowest BCUT2D eigenvalue weighted by atomic mass is 9.90. The Hall–Kier alpha value is -3.43. The molecule has 1 fully saturated rings. The van der Waals surface area contributed by atoms with E-state index in [2.05, 4.69) is 31.1 Å². The van der Waals surface area contributed by atoms with Crippen molar-refractivity contribution in [2.45, 2.75) is 51.6 Å². The topological polar surface area (TPSA) is 155 Å². The maximum absolute atomic E-state index is 11.8. The first kappa shape index (κ1) is 20.3. The molecule has 0 bridgehead atoms. The van der Waals surface area contributed by atoms with Gasteiger partial charge < -0.3 is 26.8 Å². The van der Waals surface area contributed by atoms with Gasteiger partial charge in [-0.05, 0) is 44.4 Å². The molecule has 0 aromatic carbocycles. The van der Waals surface area contributed by atoms with Gasteiger partial charge in [-0.2, -0.15) is 0 Å². The van der Waals surface area contributed by atoms with Crippen LogP contribution in [0, 0.1) is 13.8 Å². The van der Waals surface area contributed by atoms with Crippen molar-refractivity contribution in [3.05, 3.63) is 35.2 Å². The first-order valence-corrected chi connectivity index (χ1v) is 9.47. The first-order valence-electron chi connectivity index (χ1n) is 9.47. The summed E-state index contributed by atoms with van der Waals surface area (Å²) < 4.78 is 0. The average Bonchev–Trinajstić information content (AvgIpc) is 2.62. The van der Waals surface area contributed by atoms with Crippen LogP contribution in [-0.2, 0) is 0 Å². The molecule has 2 aromatic rings. The molecule has 0 saturated heterocycles. The van der Waals surface area contributed by atoms with Crippen LogP contribution >= 0.6 is 0 Å². The van der Waals surface area contributed by atoms with Crippen molar-refractivity contribution in [1.82, 2.24) is 20.5 Å². The van der Waals surface area contributed by atoms with Gasteiger partial charge in [0.15, 0.2) is 11.5 Å². The Labute approximate surface area is 168 Å². The summed E-state index contributed by atoms with van der Waals surface area (Å²) in [7, 11) is 0. The molecule has 10 nitrogen and oxygen atoms in total. The van der Waals surface area contributed by atoms with Crippen molar-refractivity contribution < 1.29 is 14.7 Å². The molecule has 2 aromatic heterocycles. The summed E-state index contributed by atoms with van der Waals surface area (Å²) in [6, 6.07) is 5.08. The number of aryl methyl sites for hydroxylation is 2. The van der Waals surface area contributed by atoms with Crippen LogP contribution in [0.3, 0.4) is 0 Å². The summed E-state index contributed by atoms with van der Waals surface area (Å²) in [4.78, 5) is 27.3. The highest BCUT2D eigenvalue weighted by atomic mass is 16.4. The van der Waals surface area contributed by atoms with Crippen LogP contribution < -0.4 is 21.7 Å². The highest BCUT2D eigenvalue weighted by molar-refractivity contribution is 5.97. The fourth-order valence-electron chi connectivity index (χ4n) is 3.61. The molecule has 29 heavy (non-hydrogen) atoms. The Morgan fingerprint density at radius 2 is 1.79 bits per heavy atom. The Morgan fingerprint density at radius 1 is 1.07 bits per heavy atom. The van der Waals surface area contributed by atoms with E-state index in [9.17, 15) is 9.59 Å². The summed E-state index contributed by atoms with van der Waals surface area (Å²) in [5.41, 5.74) is 7.67. The zero-order chi connectivity index (χ0) is 21.0. The smallest absolute Gasteiger partial charge is 0.404 e. The number of hydrogen-bond acceptors (Lipinski definition) is 7. The van der Waals surface area contributed by atoms with Crippen molar-refractivity contribution >= 4 is 29.3 Å². The van der Waals surface area contributed by atoms with Crippen LogP contribution in [0.1, 0.15) is 47.4 Å². The number of hydrogen-bond donors (Lipinski definition) is 5. The van der Waals surface area contributed by atoms with Crippen LogP contribution in [0.2, 0.25) is 0 Å². The van der Waals surface area contributed by atoms with E-state index in [1.807, 2.05) is 26.0 Å². The number of carbonyl (C=O) groups is 2. The van der Waals surface area contributed by atoms with Gasteiger partial charge in [-0.15, -0.1) is 10.2 Å². The molecule has 1 aliphatic rings. The molecule has 6 N–H and O–H groups in total. The zero-order valence-electron chi connectivity index (χ0n) is 16.4. The van der Waals surface area contributed by atoms with Crippen molar-refractivity contribution in [3.8, 4) is 0 Å².